The summed E-state index contributed by atoms with van der Waals surface area (Å²) in [5.41, 5.74) is 1.35. The van der Waals surface area contributed by atoms with Gasteiger partial charge in [-0.3, -0.25) is 4.79 Å². The predicted molar refractivity (Wildman–Crippen MR) is 94.2 cm³/mol. The van der Waals surface area contributed by atoms with Gasteiger partial charge in [0.15, 0.2) is 0 Å². The zero-order chi connectivity index (χ0) is 17.0. The van der Waals surface area contributed by atoms with Gasteiger partial charge in [-0.1, -0.05) is 13.0 Å². The van der Waals surface area contributed by atoms with Crippen LogP contribution >= 0.6 is 0 Å². The number of hydrogen-bond acceptors (Lipinski definition) is 3. The fourth-order valence-electron chi connectivity index (χ4n) is 2.92. The molecule has 0 radical (unpaired) electrons. The zero-order valence-corrected chi connectivity index (χ0v) is 14.2. The average molecular weight is 330 g/mol. The van der Waals surface area contributed by atoms with Gasteiger partial charge in [0.25, 0.3) is 5.91 Å². The van der Waals surface area contributed by atoms with E-state index in [1.54, 1.807) is 24.3 Å². The predicted octanol–water partition coefficient (Wildman–Crippen LogP) is 2.09. The summed E-state index contributed by atoms with van der Waals surface area (Å²) in [6.45, 7) is 4.89. The van der Waals surface area contributed by atoms with Crippen LogP contribution in [0, 0.1) is 5.41 Å². The third-order valence-electron chi connectivity index (χ3n) is 4.78. The van der Waals surface area contributed by atoms with E-state index in [9.17, 15) is 9.59 Å². The van der Waals surface area contributed by atoms with Crippen LogP contribution < -0.4 is 21.3 Å². The molecule has 0 bridgehead atoms. The summed E-state index contributed by atoms with van der Waals surface area (Å²) in [6, 6.07) is 7.15. The quantitative estimate of drug-likeness (QED) is 0.667. The number of carbonyl (C=O) groups is 2. The number of carbonyl (C=O) groups excluding carboxylic acids is 2. The monoisotopic (exact) mass is 330 g/mol. The van der Waals surface area contributed by atoms with Gasteiger partial charge in [-0.05, 0) is 62.4 Å². The second-order valence-corrected chi connectivity index (χ2v) is 7.20. The summed E-state index contributed by atoms with van der Waals surface area (Å²) in [4.78, 5) is 24.2. The number of piperidine rings is 1. The van der Waals surface area contributed by atoms with Gasteiger partial charge >= 0.3 is 6.03 Å². The van der Waals surface area contributed by atoms with Crippen LogP contribution in [0.1, 0.15) is 43.0 Å². The maximum Gasteiger partial charge on any atom is 0.319 e. The normalized spacial score (nSPS) is 19.4. The third kappa shape index (κ3) is 4.71. The largest absolute Gasteiger partial charge is 0.351 e. The van der Waals surface area contributed by atoms with Gasteiger partial charge in [-0.25, -0.2) is 4.79 Å². The molecule has 0 spiro atoms. The van der Waals surface area contributed by atoms with Crippen molar-refractivity contribution in [2.75, 3.05) is 25.0 Å². The second-order valence-electron chi connectivity index (χ2n) is 7.20. The maximum absolute atomic E-state index is 12.4. The van der Waals surface area contributed by atoms with Crippen LogP contribution in [-0.4, -0.2) is 37.6 Å². The molecule has 3 rings (SSSR count). The maximum atomic E-state index is 12.4. The Morgan fingerprint density at radius 1 is 1.25 bits per heavy atom. The minimum Gasteiger partial charge on any atom is -0.351 e. The van der Waals surface area contributed by atoms with Gasteiger partial charge in [0.1, 0.15) is 0 Å². The molecule has 1 aromatic rings. The Kier molecular flexibility index (Phi) is 5.04. The Labute approximate surface area is 142 Å². The van der Waals surface area contributed by atoms with E-state index < -0.39 is 0 Å². The van der Waals surface area contributed by atoms with Gasteiger partial charge in [0.2, 0.25) is 0 Å². The molecular weight excluding hydrogens is 304 g/mol. The molecular formula is C18H26N4O2. The molecule has 6 heteroatoms. The first kappa shape index (κ1) is 16.8. The molecule has 2 fully saturated rings. The number of hydrogen-bond donors (Lipinski definition) is 4. The van der Waals surface area contributed by atoms with Gasteiger partial charge in [0.05, 0.1) is 0 Å². The van der Waals surface area contributed by atoms with Crippen LogP contribution in [0.15, 0.2) is 24.3 Å². The van der Waals surface area contributed by atoms with E-state index >= 15 is 0 Å². The van der Waals surface area contributed by atoms with E-state index in [4.69, 9.17) is 0 Å². The highest BCUT2D eigenvalue weighted by molar-refractivity contribution is 5.97. The summed E-state index contributed by atoms with van der Waals surface area (Å²) in [5, 5.41) is 12.0. The molecule has 130 valence electrons. The van der Waals surface area contributed by atoms with E-state index in [1.165, 1.54) is 0 Å². The van der Waals surface area contributed by atoms with Crippen molar-refractivity contribution in [2.45, 2.75) is 38.6 Å². The highest BCUT2D eigenvalue weighted by Gasteiger charge is 2.27. The van der Waals surface area contributed by atoms with E-state index in [0.717, 1.165) is 38.8 Å². The molecule has 1 aromatic carbocycles. The molecule has 4 N–H and O–H groups in total. The molecule has 0 atom stereocenters. The molecule has 1 aliphatic carbocycles. The highest BCUT2D eigenvalue weighted by Crippen LogP contribution is 2.26. The summed E-state index contributed by atoms with van der Waals surface area (Å²) in [6.07, 6.45) is 4.22. The molecule has 1 heterocycles. The summed E-state index contributed by atoms with van der Waals surface area (Å²) in [7, 11) is 0. The van der Waals surface area contributed by atoms with Crippen molar-refractivity contribution in [3.8, 4) is 0 Å². The molecule has 3 amide bonds. The zero-order valence-electron chi connectivity index (χ0n) is 14.2. The fourth-order valence-corrected chi connectivity index (χ4v) is 2.92. The first-order valence-corrected chi connectivity index (χ1v) is 8.71. The van der Waals surface area contributed by atoms with Crippen LogP contribution in [0.5, 0.6) is 0 Å². The highest BCUT2D eigenvalue weighted by atomic mass is 16.2. The van der Waals surface area contributed by atoms with Crippen LogP contribution in [0.3, 0.4) is 0 Å². The molecule has 1 saturated carbocycles. The minimum atomic E-state index is -0.211. The van der Waals surface area contributed by atoms with Crippen molar-refractivity contribution >= 4 is 17.6 Å². The minimum absolute atomic E-state index is 0.0963. The number of rotatable bonds is 5. The molecule has 2 aliphatic rings. The van der Waals surface area contributed by atoms with Crippen LogP contribution in [-0.2, 0) is 0 Å². The Morgan fingerprint density at radius 3 is 2.71 bits per heavy atom. The average Bonchev–Trinajstić information content (AvgIpc) is 3.37. The molecule has 0 aromatic heterocycles. The number of benzene rings is 1. The number of amides is 3. The summed E-state index contributed by atoms with van der Waals surface area (Å²) < 4.78 is 0. The van der Waals surface area contributed by atoms with Crippen molar-refractivity contribution in [3.63, 3.8) is 0 Å². The van der Waals surface area contributed by atoms with Gasteiger partial charge < -0.3 is 21.3 Å². The topological polar surface area (TPSA) is 82.3 Å². The van der Waals surface area contributed by atoms with E-state index in [-0.39, 0.29) is 17.4 Å². The Balaban J connectivity index is 1.54. The fraction of sp³-hybridized carbons (Fsp3) is 0.556. The molecule has 1 saturated heterocycles. The van der Waals surface area contributed by atoms with Crippen molar-refractivity contribution in [1.29, 1.82) is 0 Å². The first-order chi connectivity index (χ1) is 11.5. The van der Waals surface area contributed by atoms with Crippen molar-refractivity contribution < 1.29 is 9.59 Å². The lowest BCUT2D eigenvalue weighted by molar-refractivity contribution is 0.0922. The Morgan fingerprint density at radius 2 is 2.00 bits per heavy atom. The number of nitrogens with one attached hydrogen (secondary N) is 4. The molecule has 6 nitrogen and oxygen atoms in total. The lowest BCUT2D eigenvalue weighted by Crippen LogP contribution is -2.42. The third-order valence-corrected chi connectivity index (χ3v) is 4.78. The molecule has 1 aliphatic heterocycles. The van der Waals surface area contributed by atoms with Crippen molar-refractivity contribution in [3.05, 3.63) is 29.8 Å². The van der Waals surface area contributed by atoms with E-state index in [0.29, 0.717) is 23.8 Å². The SMILES string of the molecule is CC1(CNC(=O)c2cccc(NC(=O)NC3CC3)c2)CCNCC1. The van der Waals surface area contributed by atoms with E-state index in [2.05, 4.69) is 28.2 Å². The van der Waals surface area contributed by atoms with Gasteiger partial charge in [-0.15, -0.1) is 0 Å². The second kappa shape index (κ2) is 7.21. The Bertz CT molecular complexity index is 607. The number of urea groups is 1. The first-order valence-electron chi connectivity index (χ1n) is 8.71. The Hall–Kier alpha value is -2.08. The molecule has 0 unspecified atom stereocenters. The summed E-state index contributed by atoms with van der Waals surface area (Å²) in [5.74, 6) is -0.0963. The van der Waals surface area contributed by atoms with E-state index in [1.807, 2.05) is 0 Å². The van der Waals surface area contributed by atoms with Gasteiger partial charge in [-0.2, -0.15) is 0 Å². The lowest BCUT2D eigenvalue weighted by atomic mass is 9.81. The smallest absolute Gasteiger partial charge is 0.319 e. The summed E-state index contributed by atoms with van der Waals surface area (Å²) >= 11 is 0. The van der Waals surface area contributed by atoms with Gasteiger partial charge in [0, 0.05) is 23.8 Å². The number of anilines is 1. The van der Waals surface area contributed by atoms with Crippen molar-refractivity contribution in [1.82, 2.24) is 16.0 Å². The van der Waals surface area contributed by atoms with Crippen LogP contribution in [0.2, 0.25) is 0 Å². The van der Waals surface area contributed by atoms with Crippen LogP contribution in [0.25, 0.3) is 0 Å². The lowest BCUT2D eigenvalue weighted by Gasteiger charge is -2.34. The molecule has 24 heavy (non-hydrogen) atoms. The standard InChI is InChI=1S/C18H26N4O2/c1-18(7-9-19-10-8-18)12-20-16(23)13-3-2-4-15(11-13)22-17(24)21-14-5-6-14/h2-4,11,14,19H,5-10,12H2,1H3,(H,20,23)(H2,21,22,24). The van der Waals surface area contributed by atoms with Crippen LogP contribution in [0.4, 0.5) is 10.5 Å². The van der Waals surface area contributed by atoms with Crippen molar-refractivity contribution in [2.24, 2.45) is 5.41 Å².